The van der Waals surface area contributed by atoms with E-state index in [2.05, 4.69) is 19.9 Å². The molecule has 2 saturated heterocycles. The highest BCUT2D eigenvalue weighted by molar-refractivity contribution is 5.91. The van der Waals surface area contributed by atoms with Crippen LogP contribution in [0, 0.1) is 6.92 Å². The predicted octanol–water partition coefficient (Wildman–Crippen LogP) is 3.66. The summed E-state index contributed by atoms with van der Waals surface area (Å²) in [5.74, 6) is -0.0167. The summed E-state index contributed by atoms with van der Waals surface area (Å²) in [4.78, 5) is 17.0. The normalized spacial score (nSPS) is 21.8. The second kappa shape index (κ2) is 10.5. The molecule has 2 aromatic carbocycles. The summed E-state index contributed by atoms with van der Waals surface area (Å²) in [6.07, 6.45) is -2.24. The summed E-state index contributed by atoms with van der Waals surface area (Å²) < 4.78 is 37.0. The van der Waals surface area contributed by atoms with Crippen LogP contribution in [0.2, 0.25) is 0 Å². The van der Waals surface area contributed by atoms with Gasteiger partial charge in [-0.1, -0.05) is 18.2 Å². The van der Waals surface area contributed by atoms with E-state index in [-0.39, 0.29) is 30.7 Å². The number of hydrogen-bond donors (Lipinski definition) is 2. The molecule has 190 valence electrons. The number of halogens is 2. The number of carbonyl (C=O) groups excluding carboxylic acids is 1. The molecule has 1 amide bonds. The lowest BCUT2D eigenvalue weighted by molar-refractivity contribution is -0.158. The van der Waals surface area contributed by atoms with E-state index < -0.39 is 11.7 Å². The van der Waals surface area contributed by atoms with Crippen LogP contribution in [0.3, 0.4) is 0 Å². The highest BCUT2D eigenvalue weighted by atomic mass is 19.3. The zero-order chi connectivity index (χ0) is 25.1. The van der Waals surface area contributed by atoms with Gasteiger partial charge in [0.2, 0.25) is 5.91 Å². The van der Waals surface area contributed by atoms with E-state index in [4.69, 9.17) is 4.74 Å². The van der Waals surface area contributed by atoms with Crippen LogP contribution in [0.4, 0.5) is 20.2 Å². The number of morpholine rings is 1. The standard InChI is InChI=1S/C26H33F2N3O4/c1-19-5-3-4-6-23(19)29-24(33)15-21(16-32)31-13-14-34-26(18-31)11-12-30(17-26)20-7-9-22(10-8-20)35-25(2,27)28/h3-10,21,32H,11-18H2,1-2H3,(H,29,33). The fourth-order valence-corrected chi connectivity index (χ4v) is 4.87. The Labute approximate surface area is 204 Å². The van der Waals surface area contributed by atoms with E-state index in [0.717, 1.165) is 29.9 Å². The topological polar surface area (TPSA) is 74.3 Å². The Bertz CT molecular complexity index is 1010. The maximum atomic E-state index is 13.1. The van der Waals surface area contributed by atoms with Gasteiger partial charge in [0, 0.05) is 56.9 Å². The molecule has 0 aromatic heterocycles. The van der Waals surface area contributed by atoms with E-state index >= 15 is 0 Å². The molecule has 2 aromatic rings. The number of aryl methyl sites for hydroxylation is 1. The third kappa shape index (κ3) is 6.48. The molecule has 2 aliphatic rings. The number of amides is 1. The number of alkyl halides is 2. The summed E-state index contributed by atoms with van der Waals surface area (Å²) in [7, 11) is 0. The maximum Gasteiger partial charge on any atom is 0.394 e. The van der Waals surface area contributed by atoms with Crippen LogP contribution in [0.1, 0.15) is 25.3 Å². The number of aliphatic hydroxyl groups is 1. The van der Waals surface area contributed by atoms with Gasteiger partial charge in [0.25, 0.3) is 0 Å². The van der Waals surface area contributed by atoms with E-state index in [1.807, 2.05) is 31.2 Å². The summed E-state index contributed by atoms with van der Waals surface area (Å²) in [5.41, 5.74) is 2.26. The second-order valence-electron chi connectivity index (χ2n) is 9.48. The fourth-order valence-electron chi connectivity index (χ4n) is 4.87. The van der Waals surface area contributed by atoms with Gasteiger partial charge in [-0.05, 0) is 49.2 Å². The first kappa shape index (κ1) is 25.3. The van der Waals surface area contributed by atoms with Gasteiger partial charge in [0.15, 0.2) is 0 Å². The van der Waals surface area contributed by atoms with Crippen molar-refractivity contribution in [3.8, 4) is 5.75 Å². The number of anilines is 2. The van der Waals surface area contributed by atoms with E-state index in [1.54, 1.807) is 24.3 Å². The summed E-state index contributed by atoms with van der Waals surface area (Å²) in [5, 5.41) is 13.0. The number of carbonyl (C=O) groups is 1. The Balaban J connectivity index is 1.36. The molecule has 0 saturated carbocycles. The molecule has 7 nitrogen and oxygen atoms in total. The third-order valence-electron chi connectivity index (χ3n) is 6.66. The molecular formula is C26H33F2N3O4. The van der Waals surface area contributed by atoms with Crippen molar-refractivity contribution < 1.29 is 28.2 Å². The highest BCUT2D eigenvalue weighted by Crippen LogP contribution is 2.34. The molecule has 9 heteroatoms. The van der Waals surface area contributed by atoms with Gasteiger partial charge >= 0.3 is 6.11 Å². The molecule has 2 aliphatic heterocycles. The molecule has 4 rings (SSSR count). The van der Waals surface area contributed by atoms with Crippen LogP contribution in [-0.4, -0.2) is 73.1 Å². The van der Waals surface area contributed by atoms with E-state index in [9.17, 15) is 18.7 Å². The Morgan fingerprint density at radius 3 is 2.63 bits per heavy atom. The van der Waals surface area contributed by atoms with Gasteiger partial charge in [0.1, 0.15) is 5.75 Å². The van der Waals surface area contributed by atoms with Crippen LogP contribution in [0.15, 0.2) is 48.5 Å². The Morgan fingerprint density at radius 1 is 1.20 bits per heavy atom. The Kier molecular flexibility index (Phi) is 7.59. The number of benzene rings is 2. The largest absolute Gasteiger partial charge is 0.433 e. The molecule has 0 bridgehead atoms. The molecule has 2 atom stereocenters. The van der Waals surface area contributed by atoms with Gasteiger partial charge in [-0.15, -0.1) is 0 Å². The zero-order valence-electron chi connectivity index (χ0n) is 20.2. The molecule has 2 heterocycles. The molecule has 35 heavy (non-hydrogen) atoms. The molecule has 1 spiro atoms. The average Bonchev–Trinajstić information content (AvgIpc) is 3.21. The predicted molar refractivity (Wildman–Crippen MR) is 130 cm³/mol. The minimum absolute atomic E-state index is 0.116. The first-order valence-electron chi connectivity index (χ1n) is 11.9. The molecule has 2 fully saturated rings. The Morgan fingerprint density at radius 2 is 1.94 bits per heavy atom. The quantitative estimate of drug-likeness (QED) is 0.590. The monoisotopic (exact) mass is 489 g/mol. The van der Waals surface area contributed by atoms with Crippen molar-refractivity contribution >= 4 is 17.3 Å². The van der Waals surface area contributed by atoms with Crippen molar-refractivity contribution in [2.75, 3.05) is 49.6 Å². The first-order valence-corrected chi connectivity index (χ1v) is 11.9. The molecule has 2 unspecified atom stereocenters. The SMILES string of the molecule is Cc1ccccc1NC(=O)CC(CO)N1CCOC2(CCN(c3ccc(OC(C)(F)F)cc3)C2)C1. The van der Waals surface area contributed by atoms with Gasteiger partial charge in [0.05, 0.1) is 18.8 Å². The van der Waals surface area contributed by atoms with E-state index in [1.165, 1.54) is 0 Å². The zero-order valence-corrected chi connectivity index (χ0v) is 20.2. The van der Waals surface area contributed by atoms with Crippen molar-refractivity contribution in [3.05, 3.63) is 54.1 Å². The molecular weight excluding hydrogens is 456 g/mol. The van der Waals surface area contributed by atoms with Crippen molar-refractivity contribution in [2.45, 2.75) is 44.4 Å². The summed E-state index contributed by atoms with van der Waals surface area (Å²) in [6.45, 7) is 5.69. The minimum atomic E-state index is -3.22. The number of para-hydroxylation sites is 1. The molecule has 0 radical (unpaired) electrons. The number of aliphatic hydroxyl groups excluding tert-OH is 1. The summed E-state index contributed by atoms with van der Waals surface area (Å²) in [6, 6.07) is 13.9. The second-order valence-corrected chi connectivity index (χ2v) is 9.48. The maximum absolute atomic E-state index is 13.1. The van der Waals surface area contributed by atoms with Crippen molar-refractivity contribution in [3.63, 3.8) is 0 Å². The van der Waals surface area contributed by atoms with Gasteiger partial charge in [-0.2, -0.15) is 8.78 Å². The van der Waals surface area contributed by atoms with Crippen LogP contribution in [-0.2, 0) is 9.53 Å². The van der Waals surface area contributed by atoms with Gasteiger partial charge in [-0.3, -0.25) is 9.69 Å². The number of hydrogen-bond acceptors (Lipinski definition) is 6. The van der Waals surface area contributed by atoms with Crippen LogP contribution in [0.25, 0.3) is 0 Å². The van der Waals surface area contributed by atoms with E-state index in [0.29, 0.717) is 33.2 Å². The van der Waals surface area contributed by atoms with Gasteiger partial charge < -0.3 is 24.8 Å². The third-order valence-corrected chi connectivity index (χ3v) is 6.66. The number of rotatable bonds is 8. The molecule has 2 N–H and O–H groups in total. The number of nitrogens with one attached hydrogen (secondary N) is 1. The first-order chi connectivity index (χ1) is 16.7. The van der Waals surface area contributed by atoms with Crippen molar-refractivity contribution in [2.24, 2.45) is 0 Å². The van der Waals surface area contributed by atoms with Crippen LogP contribution >= 0.6 is 0 Å². The van der Waals surface area contributed by atoms with Crippen molar-refractivity contribution in [1.82, 2.24) is 4.90 Å². The summed E-state index contributed by atoms with van der Waals surface area (Å²) >= 11 is 0. The van der Waals surface area contributed by atoms with Crippen LogP contribution in [0.5, 0.6) is 5.75 Å². The number of ether oxygens (including phenoxy) is 2. The number of nitrogens with zero attached hydrogens (tertiary/aromatic N) is 2. The minimum Gasteiger partial charge on any atom is -0.433 e. The molecule has 0 aliphatic carbocycles. The van der Waals surface area contributed by atoms with Gasteiger partial charge in [-0.25, -0.2) is 0 Å². The average molecular weight is 490 g/mol. The van der Waals surface area contributed by atoms with Crippen molar-refractivity contribution in [1.29, 1.82) is 0 Å². The van der Waals surface area contributed by atoms with Crippen LogP contribution < -0.4 is 15.0 Å². The lowest BCUT2D eigenvalue weighted by Gasteiger charge is -2.43. The highest BCUT2D eigenvalue weighted by Gasteiger charge is 2.44. The lowest BCUT2D eigenvalue weighted by atomic mass is 9.98. The fraction of sp³-hybridized carbons (Fsp3) is 0.500. The smallest absolute Gasteiger partial charge is 0.394 e. The lowest BCUT2D eigenvalue weighted by Crippen LogP contribution is -2.57. The Hall–Kier alpha value is -2.75.